The topological polar surface area (TPSA) is 84.9 Å². The summed E-state index contributed by atoms with van der Waals surface area (Å²) in [6.07, 6.45) is 1.44. The molecule has 0 radical (unpaired) electrons. The highest BCUT2D eigenvalue weighted by atomic mass is 79.9. The number of carbonyl (C=O) groups excluding carboxylic acids is 3. The number of para-hydroxylation sites is 1. The maximum Gasteiger partial charge on any atom is 0.335 e. The second-order valence-electron chi connectivity index (χ2n) is 8.27. The first-order valence-electron chi connectivity index (χ1n) is 11.4. The fraction of sp³-hybridized carbons (Fsp3) is 0.179. The largest absolute Gasteiger partial charge is 0.490 e. The molecular formula is C28H25BrN2O5. The monoisotopic (exact) mass is 548 g/mol. The number of anilines is 1. The molecule has 1 N–H and O–H groups in total. The molecule has 1 heterocycles. The molecular weight excluding hydrogens is 524 g/mol. The number of barbiturate groups is 1. The van der Waals surface area contributed by atoms with Gasteiger partial charge in [0.15, 0.2) is 11.5 Å². The van der Waals surface area contributed by atoms with E-state index in [2.05, 4.69) is 21.2 Å². The van der Waals surface area contributed by atoms with Gasteiger partial charge in [-0.2, -0.15) is 0 Å². The molecule has 0 bridgehead atoms. The third kappa shape index (κ3) is 5.33. The van der Waals surface area contributed by atoms with Gasteiger partial charge in [0, 0.05) is 4.47 Å². The number of aryl methyl sites for hydroxylation is 2. The third-order valence-electron chi connectivity index (χ3n) is 5.64. The summed E-state index contributed by atoms with van der Waals surface area (Å²) in [7, 11) is 0. The number of halogens is 1. The van der Waals surface area contributed by atoms with E-state index in [1.807, 2.05) is 44.2 Å². The Morgan fingerprint density at radius 2 is 1.64 bits per heavy atom. The fourth-order valence-corrected chi connectivity index (χ4v) is 4.17. The molecule has 1 aliphatic rings. The Morgan fingerprint density at radius 1 is 0.944 bits per heavy atom. The van der Waals surface area contributed by atoms with Crippen LogP contribution in [0, 0.1) is 13.8 Å². The average Bonchev–Trinajstić information content (AvgIpc) is 2.84. The van der Waals surface area contributed by atoms with Crippen molar-refractivity contribution in [3.05, 3.63) is 93.0 Å². The number of urea groups is 1. The van der Waals surface area contributed by atoms with Crippen molar-refractivity contribution in [1.29, 1.82) is 0 Å². The van der Waals surface area contributed by atoms with Crippen LogP contribution in [-0.2, 0) is 16.2 Å². The molecule has 3 aromatic rings. The van der Waals surface area contributed by atoms with Crippen LogP contribution in [0.5, 0.6) is 11.5 Å². The summed E-state index contributed by atoms with van der Waals surface area (Å²) in [4.78, 5) is 39.4. The first-order chi connectivity index (χ1) is 17.3. The molecule has 1 aliphatic heterocycles. The van der Waals surface area contributed by atoms with Crippen molar-refractivity contribution in [1.82, 2.24) is 5.32 Å². The predicted octanol–water partition coefficient (Wildman–Crippen LogP) is 5.71. The van der Waals surface area contributed by atoms with Crippen molar-refractivity contribution in [2.45, 2.75) is 27.4 Å². The van der Waals surface area contributed by atoms with Crippen molar-refractivity contribution in [2.24, 2.45) is 0 Å². The van der Waals surface area contributed by atoms with Gasteiger partial charge in [0.05, 0.1) is 12.3 Å². The maximum absolute atomic E-state index is 13.3. The molecule has 0 spiro atoms. The number of benzene rings is 3. The minimum Gasteiger partial charge on any atom is -0.490 e. The van der Waals surface area contributed by atoms with Crippen molar-refractivity contribution in [3.8, 4) is 11.5 Å². The molecule has 184 valence electrons. The molecule has 1 saturated heterocycles. The van der Waals surface area contributed by atoms with E-state index in [1.54, 1.807) is 37.3 Å². The number of carbonyl (C=O) groups is 3. The molecule has 8 heteroatoms. The lowest BCUT2D eigenvalue weighted by molar-refractivity contribution is -0.122. The highest BCUT2D eigenvalue weighted by molar-refractivity contribution is 9.10. The number of nitrogens with one attached hydrogen (secondary N) is 1. The fourth-order valence-electron chi connectivity index (χ4n) is 3.73. The number of imide groups is 2. The van der Waals surface area contributed by atoms with Crippen LogP contribution in [0.25, 0.3) is 6.08 Å². The molecule has 7 nitrogen and oxygen atoms in total. The summed E-state index contributed by atoms with van der Waals surface area (Å²) in [5.41, 5.74) is 3.67. The van der Waals surface area contributed by atoms with E-state index >= 15 is 0 Å². The number of rotatable bonds is 7. The van der Waals surface area contributed by atoms with E-state index < -0.39 is 17.8 Å². The van der Waals surface area contributed by atoms with Gasteiger partial charge in [0.1, 0.15) is 12.2 Å². The summed E-state index contributed by atoms with van der Waals surface area (Å²) in [5.74, 6) is -0.486. The van der Waals surface area contributed by atoms with Crippen molar-refractivity contribution < 1.29 is 23.9 Å². The molecule has 3 aromatic carbocycles. The number of hydrogen-bond donors (Lipinski definition) is 1. The molecule has 0 aromatic heterocycles. The number of nitrogens with zero attached hydrogens (tertiary/aromatic N) is 1. The molecule has 0 unspecified atom stereocenters. The summed E-state index contributed by atoms with van der Waals surface area (Å²) in [5, 5.41) is 2.26. The molecule has 4 amide bonds. The standard InChI is InChI=1S/C28H25BrN2O5/c1-4-35-24-14-20(22(29)15-25(24)36-16-19-11-9-17(2)10-12-19)13-21-26(32)30-28(34)31(27(21)33)23-8-6-5-7-18(23)3/h5-15H,4,16H2,1-3H3,(H,30,32,34)/b21-13+. The van der Waals surface area contributed by atoms with Gasteiger partial charge < -0.3 is 9.47 Å². The Hall–Kier alpha value is -3.91. The molecule has 0 aliphatic carbocycles. The smallest absolute Gasteiger partial charge is 0.335 e. The lowest BCUT2D eigenvalue weighted by Gasteiger charge is -2.27. The molecule has 36 heavy (non-hydrogen) atoms. The lowest BCUT2D eigenvalue weighted by Crippen LogP contribution is -2.54. The summed E-state index contributed by atoms with van der Waals surface area (Å²) in [6, 6.07) is 17.7. The van der Waals surface area contributed by atoms with Gasteiger partial charge in [-0.3, -0.25) is 14.9 Å². The normalized spacial score (nSPS) is 14.7. The van der Waals surface area contributed by atoms with Crippen LogP contribution in [0.4, 0.5) is 10.5 Å². The SMILES string of the molecule is CCOc1cc(/C=C2\C(=O)NC(=O)N(c3ccccc3C)C2=O)c(Br)cc1OCc1ccc(C)cc1. The minimum absolute atomic E-state index is 0.172. The van der Waals surface area contributed by atoms with Gasteiger partial charge in [0.25, 0.3) is 11.8 Å². The molecule has 0 saturated carbocycles. The molecule has 1 fully saturated rings. The Labute approximate surface area is 217 Å². The maximum atomic E-state index is 13.3. The van der Waals surface area contributed by atoms with Gasteiger partial charge in [-0.05, 0) is 61.7 Å². The summed E-state index contributed by atoms with van der Waals surface area (Å²) >= 11 is 3.51. The third-order valence-corrected chi connectivity index (χ3v) is 6.32. The second-order valence-corrected chi connectivity index (χ2v) is 9.13. The molecule has 4 rings (SSSR count). The van der Waals surface area contributed by atoms with Crippen LogP contribution >= 0.6 is 15.9 Å². The summed E-state index contributed by atoms with van der Waals surface area (Å²) in [6.45, 7) is 6.41. The second kappa shape index (κ2) is 10.8. The van der Waals surface area contributed by atoms with Gasteiger partial charge in [0.2, 0.25) is 0 Å². The Balaban J connectivity index is 1.67. The zero-order chi connectivity index (χ0) is 25.8. The quantitative estimate of drug-likeness (QED) is 0.302. The van der Waals surface area contributed by atoms with Gasteiger partial charge in [-0.25, -0.2) is 9.69 Å². The highest BCUT2D eigenvalue weighted by Crippen LogP contribution is 2.36. The van der Waals surface area contributed by atoms with Crippen LogP contribution in [0.2, 0.25) is 0 Å². The number of amides is 4. The minimum atomic E-state index is -0.787. The van der Waals surface area contributed by atoms with E-state index in [0.29, 0.717) is 40.4 Å². The Bertz CT molecular complexity index is 1360. The zero-order valence-corrected chi connectivity index (χ0v) is 21.7. The van der Waals surface area contributed by atoms with Crippen LogP contribution in [0.15, 0.2) is 70.7 Å². The van der Waals surface area contributed by atoms with Crippen LogP contribution in [-0.4, -0.2) is 24.5 Å². The van der Waals surface area contributed by atoms with Gasteiger partial charge >= 0.3 is 6.03 Å². The number of hydrogen-bond acceptors (Lipinski definition) is 5. The lowest BCUT2D eigenvalue weighted by atomic mass is 10.1. The van der Waals surface area contributed by atoms with Gasteiger partial charge in [-0.15, -0.1) is 0 Å². The zero-order valence-electron chi connectivity index (χ0n) is 20.1. The molecule has 0 atom stereocenters. The summed E-state index contributed by atoms with van der Waals surface area (Å²) < 4.78 is 12.4. The first kappa shape index (κ1) is 25.2. The Morgan fingerprint density at radius 3 is 2.33 bits per heavy atom. The van der Waals surface area contributed by atoms with Crippen molar-refractivity contribution in [2.75, 3.05) is 11.5 Å². The van der Waals surface area contributed by atoms with E-state index in [1.165, 1.54) is 6.08 Å². The average molecular weight is 549 g/mol. The van der Waals surface area contributed by atoms with Crippen molar-refractivity contribution in [3.63, 3.8) is 0 Å². The van der Waals surface area contributed by atoms with E-state index in [0.717, 1.165) is 21.6 Å². The van der Waals surface area contributed by atoms with Gasteiger partial charge in [-0.1, -0.05) is 64.0 Å². The number of ether oxygens (including phenoxy) is 2. The predicted molar refractivity (Wildman–Crippen MR) is 141 cm³/mol. The Kier molecular flexibility index (Phi) is 7.55. The van der Waals surface area contributed by atoms with Crippen LogP contribution in [0.3, 0.4) is 0 Å². The van der Waals surface area contributed by atoms with E-state index in [-0.39, 0.29) is 5.57 Å². The first-order valence-corrected chi connectivity index (χ1v) is 12.2. The van der Waals surface area contributed by atoms with Crippen molar-refractivity contribution >= 4 is 45.5 Å². The van der Waals surface area contributed by atoms with Crippen LogP contribution < -0.4 is 19.7 Å². The van der Waals surface area contributed by atoms with E-state index in [9.17, 15) is 14.4 Å². The highest BCUT2D eigenvalue weighted by Gasteiger charge is 2.37. The van der Waals surface area contributed by atoms with Crippen LogP contribution in [0.1, 0.15) is 29.2 Å². The van der Waals surface area contributed by atoms with E-state index in [4.69, 9.17) is 9.47 Å².